The zero-order valence-electron chi connectivity index (χ0n) is 23.6. The van der Waals surface area contributed by atoms with Crippen molar-refractivity contribution in [1.29, 1.82) is 0 Å². The number of rotatable bonds is 2. The van der Waals surface area contributed by atoms with Crippen LogP contribution < -0.4 is 0 Å². The van der Waals surface area contributed by atoms with Crippen molar-refractivity contribution < 1.29 is 28.5 Å². The predicted molar refractivity (Wildman–Crippen MR) is 138 cm³/mol. The summed E-state index contributed by atoms with van der Waals surface area (Å²) in [5.41, 5.74) is 1.36. The second-order valence-corrected chi connectivity index (χ2v) is 13.9. The molecule has 6 rings (SSSR count). The van der Waals surface area contributed by atoms with Gasteiger partial charge < -0.3 is 18.9 Å². The quantitative estimate of drug-likeness (QED) is 0.341. The molecule has 0 amide bonds. The Morgan fingerprint density at radius 2 is 1.76 bits per heavy atom. The highest BCUT2D eigenvalue weighted by Gasteiger charge is 2.69. The van der Waals surface area contributed by atoms with E-state index in [0.29, 0.717) is 41.9 Å². The monoisotopic (exact) mass is 514 g/mol. The van der Waals surface area contributed by atoms with E-state index in [1.807, 2.05) is 0 Å². The molecule has 2 saturated heterocycles. The van der Waals surface area contributed by atoms with Crippen molar-refractivity contribution in [3.63, 3.8) is 0 Å². The van der Waals surface area contributed by atoms with Gasteiger partial charge in [-0.2, -0.15) is 0 Å². The largest absolute Gasteiger partial charge is 0.462 e. The fourth-order valence-electron chi connectivity index (χ4n) is 10.4. The van der Waals surface area contributed by atoms with E-state index >= 15 is 0 Å². The van der Waals surface area contributed by atoms with Gasteiger partial charge in [0, 0.05) is 44.4 Å². The SMILES string of the molecule is CC(=O)O[C@@H]1CC2=CC[C@H]3[C@@H]4C[C@@H]5O[C@]6(CC[C@@H](C)CO6)[C@@H](C)[C@@H]5[C@@]4(C)CC[C@@H]3[C@@]2(C)[C@H](OC(C)=O)C1. The van der Waals surface area contributed by atoms with E-state index < -0.39 is 0 Å². The highest BCUT2D eigenvalue weighted by atomic mass is 16.7. The summed E-state index contributed by atoms with van der Waals surface area (Å²) in [7, 11) is 0. The summed E-state index contributed by atoms with van der Waals surface area (Å²) in [6.07, 6.45) is 10.3. The van der Waals surface area contributed by atoms with E-state index in [0.717, 1.165) is 38.7 Å². The Balaban J connectivity index is 1.28. The number of carbonyl (C=O) groups is 2. The molecule has 3 saturated carbocycles. The fraction of sp³-hybridized carbons (Fsp3) is 0.871. The molecule has 0 aromatic heterocycles. The number of allylic oxidation sites excluding steroid dienone is 1. The molecule has 0 radical (unpaired) electrons. The molecule has 6 heteroatoms. The van der Waals surface area contributed by atoms with Crippen LogP contribution >= 0.6 is 0 Å². The minimum Gasteiger partial charge on any atom is -0.462 e. The highest BCUT2D eigenvalue weighted by Crippen LogP contribution is 2.70. The van der Waals surface area contributed by atoms with Crippen molar-refractivity contribution >= 4 is 11.9 Å². The number of hydrogen-bond donors (Lipinski definition) is 0. The second-order valence-electron chi connectivity index (χ2n) is 13.9. The van der Waals surface area contributed by atoms with Crippen molar-refractivity contribution in [3.8, 4) is 0 Å². The zero-order chi connectivity index (χ0) is 26.3. The molecular formula is C31H46O6. The summed E-state index contributed by atoms with van der Waals surface area (Å²) in [4.78, 5) is 24.0. The minimum atomic E-state index is -0.381. The van der Waals surface area contributed by atoms with Crippen molar-refractivity contribution in [2.24, 2.45) is 46.3 Å². The van der Waals surface area contributed by atoms with Gasteiger partial charge in [-0.25, -0.2) is 0 Å². The van der Waals surface area contributed by atoms with E-state index in [2.05, 4.69) is 33.8 Å². The van der Waals surface area contributed by atoms with E-state index in [-0.39, 0.29) is 46.9 Å². The van der Waals surface area contributed by atoms with Crippen molar-refractivity contribution in [3.05, 3.63) is 11.6 Å². The van der Waals surface area contributed by atoms with Gasteiger partial charge in [0.15, 0.2) is 5.79 Å². The third-order valence-electron chi connectivity index (χ3n) is 12.0. The Kier molecular flexibility index (Phi) is 6.15. The Labute approximate surface area is 222 Å². The summed E-state index contributed by atoms with van der Waals surface area (Å²) >= 11 is 0. The van der Waals surface area contributed by atoms with Crippen LogP contribution in [0.15, 0.2) is 11.6 Å². The van der Waals surface area contributed by atoms with Crippen molar-refractivity contribution in [2.45, 2.75) is 117 Å². The molecule has 0 aromatic rings. The fourth-order valence-corrected chi connectivity index (χ4v) is 10.4. The van der Waals surface area contributed by atoms with Crippen LogP contribution in [-0.2, 0) is 28.5 Å². The number of hydrogen-bond acceptors (Lipinski definition) is 6. The third-order valence-corrected chi connectivity index (χ3v) is 12.0. The molecule has 5 fully saturated rings. The molecule has 6 aliphatic rings. The van der Waals surface area contributed by atoms with Gasteiger partial charge in [0.1, 0.15) is 12.2 Å². The smallest absolute Gasteiger partial charge is 0.302 e. The molecule has 2 heterocycles. The van der Waals surface area contributed by atoms with Gasteiger partial charge in [0.25, 0.3) is 0 Å². The molecule has 37 heavy (non-hydrogen) atoms. The lowest BCUT2D eigenvalue weighted by Gasteiger charge is -2.60. The number of fused-ring (bicyclic) bond motifs is 7. The Hall–Kier alpha value is -1.40. The first-order valence-electron chi connectivity index (χ1n) is 14.8. The summed E-state index contributed by atoms with van der Waals surface area (Å²) < 4.78 is 25.1. The van der Waals surface area contributed by atoms with E-state index in [9.17, 15) is 9.59 Å². The molecule has 1 spiro atoms. The summed E-state index contributed by atoms with van der Waals surface area (Å²) in [6.45, 7) is 13.3. The molecule has 0 aromatic carbocycles. The Bertz CT molecular complexity index is 980. The van der Waals surface area contributed by atoms with Crippen LogP contribution in [0.2, 0.25) is 0 Å². The molecule has 6 nitrogen and oxygen atoms in total. The maximum absolute atomic E-state index is 12.2. The number of ether oxygens (including phenoxy) is 4. The van der Waals surface area contributed by atoms with Gasteiger partial charge in [-0.3, -0.25) is 9.59 Å². The molecule has 0 bridgehead atoms. The van der Waals surface area contributed by atoms with Crippen LogP contribution in [0.4, 0.5) is 0 Å². The molecule has 0 N–H and O–H groups in total. The molecule has 2 aliphatic heterocycles. The molecular weight excluding hydrogens is 468 g/mol. The van der Waals surface area contributed by atoms with Crippen molar-refractivity contribution in [1.82, 2.24) is 0 Å². The lowest BCUT2D eigenvalue weighted by molar-refractivity contribution is -0.272. The average molecular weight is 515 g/mol. The predicted octanol–water partition coefficient (Wildman–Crippen LogP) is 5.83. The topological polar surface area (TPSA) is 71.1 Å². The molecule has 4 aliphatic carbocycles. The average Bonchev–Trinajstić information content (AvgIpc) is 3.26. The van der Waals surface area contributed by atoms with Crippen LogP contribution in [0.3, 0.4) is 0 Å². The number of esters is 2. The molecule has 12 atom stereocenters. The van der Waals surface area contributed by atoms with Gasteiger partial charge in [-0.05, 0) is 67.1 Å². The lowest BCUT2D eigenvalue weighted by atomic mass is 9.46. The standard InChI is InChI=1S/C31H46O6/c1-17-9-12-31(34-16-17)18(2)28-26(37-31)15-25-23-8-7-21-13-22(35-19(3)32)14-27(36-20(4)33)30(21,6)24(23)10-11-29(25,28)5/h7,17-18,22-28H,8-16H2,1-6H3/t17-,18+,22-,23-,24+,25+,26+,27-,28+,29+,30+,31-/m1/s1. The maximum Gasteiger partial charge on any atom is 0.302 e. The van der Waals surface area contributed by atoms with E-state index in [4.69, 9.17) is 18.9 Å². The van der Waals surface area contributed by atoms with Gasteiger partial charge in [0.2, 0.25) is 0 Å². The Morgan fingerprint density at radius 1 is 1.00 bits per heavy atom. The van der Waals surface area contributed by atoms with Gasteiger partial charge in [-0.1, -0.05) is 39.3 Å². The van der Waals surface area contributed by atoms with Crippen molar-refractivity contribution in [2.75, 3.05) is 6.61 Å². The highest BCUT2D eigenvalue weighted by molar-refractivity contribution is 5.67. The summed E-state index contributed by atoms with van der Waals surface area (Å²) in [6, 6.07) is 0. The minimum absolute atomic E-state index is 0.208. The van der Waals surface area contributed by atoms with Gasteiger partial charge in [-0.15, -0.1) is 0 Å². The molecule has 0 unspecified atom stereocenters. The number of carbonyl (C=O) groups excluding carboxylic acids is 2. The first kappa shape index (κ1) is 25.9. The van der Waals surface area contributed by atoms with Gasteiger partial charge in [0.05, 0.1) is 12.7 Å². The summed E-state index contributed by atoms with van der Waals surface area (Å²) in [5, 5.41) is 0. The molecule has 206 valence electrons. The summed E-state index contributed by atoms with van der Waals surface area (Å²) in [5.74, 6) is 2.29. The Morgan fingerprint density at radius 3 is 2.43 bits per heavy atom. The second kappa shape index (κ2) is 8.81. The lowest BCUT2D eigenvalue weighted by Crippen LogP contribution is -2.57. The van der Waals surface area contributed by atoms with Crippen LogP contribution in [0.5, 0.6) is 0 Å². The first-order valence-corrected chi connectivity index (χ1v) is 14.8. The van der Waals surface area contributed by atoms with Crippen LogP contribution in [-0.4, -0.2) is 42.6 Å². The van der Waals surface area contributed by atoms with E-state index in [1.54, 1.807) is 0 Å². The van der Waals surface area contributed by atoms with Crippen LogP contribution in [0, 0.1) is 46.3 Å². The van der Waals surface area contributed by atoms with E-state index in [1.165, 1.54) is 32.3 Å². The first-order chi connectivity index (χ1) is 17.5. The third kappa shape index (κ3) is 3.78. The zero-order valence-corrected chi connectivity index (χ0v) is 23.6. The van der Waals surface area contributed by atoms with Crippen LogP contribution in [0.25, 0.3) is 0 Å². The van der Waals surface area contributed by atoms with Crippen LogP contribution in [0.1, 0.15) is 92.9 Å². The van der Waals surface area contributed by atoms with Gasteiger partial charge >= 0.3 is 11.9 Å². The normalized spacial score (nSPS) is 52.4. The maximum atomic E-state index is 12.2.